The fraction of sp³-hybridized carbons (Fsp3) is 0.471. The van der Waals surface area contributed by atoms with Crippen molar-refractivity contribution in [3.63, 3.8) is 0 Å². The van der Waals surface area contributed by atoms with E-state index in [1.807, 2.05) is 24.3 Å². The number of imide groups is 1. The van der Waals surface area contributed by atoms with E-state index in [0.29, 0.717) is 5.02 Å². The van der Waals surface area contributed by atoms with Gasteiger partial charge in [0.15, 0.2) is 0 Å². The monoisotopic (exact) mass is 349 g/mol. The first-order chi connectivity index (χ1) is 11.5. The Morgan fingerprint density at radius 3 is 2.42 bits per heavy atom. The number of carbonyl (C=O) groups is 3. The van der Waals surface area contributed by atoms with Crippen molar-refractivity contribution < 1.29 is 14.4 Å². The van der Waals surface area contributed by atoms with Crippen LogP contribution in [0.25, 0.3) is 0 Å². The van der Waals surface area contributed by atoms with Crippen LogP contribution in [0.5, 0.6) is 0 Å². The average molecular weight is 350 g/mol. The van der Waals surface area contributed by atoms with Crippen LogP contribution in [0, 0.1) is 0 Å². The first kappa shape index (κ1) is 16.8. The second-order valence-corrected chi connectivity index (χ2v) is 6.77. The number of benzene rings is 1. The molecule has 1 heterocycles. The van der Waals surface area contributed by atoms with Gasteiger partial charge in [-0.05, 0) is 30.5 Å². The number of amides is 4. The summed E-state index contributed by atoms with van der Waals surface area (Å²) in [6.07, 6.45) is 4.84. The topological polar surface area (TPSA) is 78.5 Å². The minimum absolute atomic E-state index is 0.0472. The summed E-state index contributed by atoms with van der Waals surface area (Å²) in [6.45, 7) is -0.297. The van der Waals surface area contributed by atoms with Crippen molar-refractivity contribution in [1.29, 1.82) is 0 Å². The molecule has 1 aromatic rings. The Labute approximate surface area is 145 Å². The number of nitrogens with one attached hydrogen (secondary N) is 2. The van der Waals surface area contributed by atoms with Gasteiger partial charge in [0.1, 0.15) is 6.54 Å². The van der Waals surface area contributed by atoms with Crippen LogP contribution < -0.4 is 10.6 Å². The molecule has 1 saturated carbocycles. The lowest BCUT2D eigenvalue weighted by Gasteiger charge is -2.39. The Hall–Kier alpha value is -2.08. The van der Waals surface area contributed by atoms with Crippen LogP contribution in [0.1, 0.15) is 37.7 Å². The van der Waals surface area contributed by atoms with E-state index in [1.54, 1.807) is 0 Å². The Kier molecular flexibility index (Phi) is 4.76. The third kappa shape index (κ3) is 3.38. The molecular weight excluding hydrogens is 330 g/mol. The van der Waals surface area contributed by atoms with Crippen molar-refractivity contribution in [2.24, 2.45) is 0 Å². The minimum Gasteiger partial charge on any atom is -0.345 e. The van der Waals surface area contributed by atoms with Gasteiger partial charge in [0.25, 0.3) is 5.91 Å². The van der Waals surface area contributed by atoms with Crippen LogP contribution in [-0.2, 0) is 15.1 Å². The third-order valence-corrected chi connectivity index (χ3v) is 4.97. The normalized spacial score (nSPS) is 20.0. The van der Waals surface area contributed by atoms with Crippen LogP contribution in [-0.4, -0.2) is 35.8 Å². The van der Waals surface area contributed by atoms with Crippen molar-refractivity contribution in [2.75, 3.05) is 13.1 Å². The predicted octanol–water partition coefficient (Wildman–Crippen LogP) is 2.17. The Morgan fingerprint density at radius 2 is 1.83 bits per heavy atom. The first-order valence-electron chi connectivity index (χ1n) is 8.15. The van der Waals surface area contributed by atoms with Crippen molar-refractivity contribution in [2.45, 2.75) is 37.6 Å². The molecule has 7 heteroatoms. The van der Waals surface area contributed by atoms with Gasteiger partial charge < -0.3 is 10.6 Å². The van der Waals surface area contributed by atoms with Crippen LogP contribution in [0.15, 0.2) is 24.3 Å². The number of carbonyl (C=O) groups excluding carboxylic acids is 3. The van der Waals surface area contributed by atoms with Crippen LogP contribution >= 0.6 is 11.6 Å². The highest BCUT2D eigenvalue weighted by atomic mass is 35.5. The molecule has 2 aliphatic rings. The van der Waals surface area contributed by atoms with Crippen molar-refractivity contribution in [1.82, 2.24) is 15.5 Å². The van der Waals surface area contributed by atoms with E-state index in [1.165, 1.54) is 0 Å². The number of hydrogen-bond acceptors (Lipinski definition) is 3. The molecule has 2 N–H and O–H groups in total. The van der Waals surface area contributed by atoms with Gasteiger partial charge in [-0.25, -0.2) is 4.79 Å². The molecule has 4 amide bonds. The fourth-order valence-corrected chi connectivity index (χ4v) is 3.60. The number of urea groups is 1. The maximum Gasteiger partial charge on any atom is 0.325 e. The number of hydrogen-bond donors (Lipinski definition) is 2. The van der Waals surface area contributed by atoms with Crippen LogP contribution in [0.3, 0.4) is 0 Å². The Morgan fingerprint density at radius 1 is 1.17 bits per heavy atom. The number of rotatable bonds is 4. The summed E-state index contributed by atoms with van der Waals surface area (Å²) in [5.41, 5.74) is 0.552. The standard InChI is InChI=1S/C17H20ClN3O3/c18-13-6-4-12(5-7-13)17(8-2-1-3-9-17)20-14(22)11-21-15(23)10-19-16(21)24/h4-7H,1-3,8-11H2,(H,19,24)(H,20,22). The van der Waals surface area contributed by atoms with Gasteiger partial charge in [0, 0.05) is 5.02 Å². The van der Waals surface area contributed by atoms with E-state index in [2.05, 4.69) is 10.6 Å². The number of nitrogens with zero attached hydrogens (tertiary/aromatic N) is 1. The highest BCUT2D eigenvalue weighted by Crippen LogP contribution is 2.37. The number of halogens is 1. The van der Waals surface area contributed by atoms with E-state index in [4.69, 9.17) is 11.6 Å². The van der Waals surface area contributed by atoms with Crippen LogP contribution in [0.4, 0.5) is 4.79 Å². The van der Waals surface area contributed by atoms with E-state index >= 15 is 0 Å². The molecule has 1 aromatic carbocycles. The summed E-state index contributed by atoms with van der Waals surface area (Å²) in [4.78, 5) is 36.7. The summed E-state index contributed by atoms with van der Waals surface area (Å²) in [5.74, 6) is -0.698. The summed E-state index contributed by atoms with van der Waals surface area (Å²) < 4.78 is 0. The van der Waals surface area contributed by atoms with E-state index in [-0.39, 0.29) is 24.9 Å². The molecule has 128 valence electrons. The molecule has 1 aliphatic carbocycles. The highest BCUT2D eigenvalue weighted by molar-refractivity contribution is 6.30. The average Bonchev–Trinajstić information content (AvgIpc) is 2.88. The Bertz CT molecular complexity index is 638. The van der Waals surface area contributed by atoms with Crippen molar-refractivity contribution in [3.05, 3.63) is 34.9 Å². The van der Waals surface area contributed by atoms with E-state index in [9.17, 15) is 14.4 Å². The lowest BCUT2D eigenvalue weighted by atomic mass is 9.76. The molecular formula is C17H20ClN3O3. The summed E-state index contributed by atoms with van der Waals surface area (Å²) >= 11 is 5.97. The molecule has 24 heavy (non-hydrogen) atoms. The molecule has 6 nitrogen and oxygen atoms in total. The molecule has 0 radical (unpaired) electrons. The van der Waals surface area contributed by atoms with E-state index in [0.717, 1.165) is 42.6 Å². The maximum atomic E-state index is 12.5. The zero-order valence-electron chi connectivity index (χ0n) is 13.3. The second-order valence-electron chi connectivity index (χ2n) is 6.34. The van der Waals surface area contributed by atoms with Crippen molar-refractivity contribution >= 4 is 29.4 Å². The quantitative estimate of drug-likeness (QED) is 0.818. The second kappa shape index (κ2) is 6.81. The van der Waals surface area contributed by atoms with E-state index < -0.39 is 11.6 Å². The predicted molar refractivity (Wildman–Crippen MR) is 89.5 cm³/mol. The minimum atomic E-state index is -0.515. The van der Waals surface area contributed by atoms with Gasteiger partial charge >= 0.3 is 6.03 Å². The summed E-state index contributed by atoms with van der Waals surface area (Å²) in [5, 5.41) is 6.15. The van der Waals surface area contributed by atoms with Gasteiger partial charge in [-0.3, -0.25) is 14.5 Å². The molecule has 0 spiro atoms. The largest absolute Gasteiger partial charge is 0.345 e. The smallest absolute Gasteiger partial charge is 0.325 e. The lowest BCUT2D eigenvalue weighted by molar-refractivity contribution is -0.131. The molecule has 1 aliphatic heterocycles. The fourth-order valence-electron chi connectivity index (χ4n) is 3.48. The van der Waals surface area contributed by atoms with Crippen molar-refractivity contribution in [3.8, 4) is 0 Å². The molecule has 0 atom stereocenters. The molecule has 3 rings (SSSR count). The highest BCUT2D eigenvalue weighted by Gasteiger charge is 2.37. The molecule has 0 aromatic heterocycles. The molecule has 1 saturated heterocycles. The SMILES string of the molecule is O=C(CN1C(=O)CNC1=O)NC1(c2ccc(Cl)cc2)CCCCC1. The first-order valence-corrected chi connectivity index (χ1v) is 8.53. The zero-order valence-corrected chi connectivity index (χ0v) is 14.1. The maximum absolute atomic E-state index is 12.5. The van der Waals surface area contributed by atoms with Gasteiger partial charge in [0.2, 0.25) is 5.91 Å². The molecule has 0 unspecified atom stereocenters. The molecule has 2 fully saturated rings. The zero-order chi connectivity index (χ0) is 17.2. The molecule has 0 bridgehead atoms. The Balaban J connectivity index is 1.77. The van der Waals surface area contributed by atoms with Gasteiger partial charge in [0.05, 0.1) is 12.1 Å². The van der Waals surface area contributed by atoms with Gasteiger partial charge in [-0.1, -0.05) is 43.0 Å². The van der Waals surface area contributed by atoms with Crippen LogP contribution in [0.2, 0.25) is 5.02 Å². The summed E-state index contributed by atoms with van der Waals surface area (Å²) in [6, 6.07) is 6.98. The lowest BCUT2D eigenvalue weighted by Crippen LogP contribution is -2.51. The summed E-state index contributed by atoms with van der Waals surface area (Å²) in [7, 11) is 0. The third-order valence-electron chi connectivity index (χ3n) is 4.72. The van der Waals surface area contributed by atoms with Gasteiger partial charge in [-0.2, -0.15) is 0 Å². The van der Waals surface area contributed by atoms with Gasteiger partial charge in [-0.15, -0.1) is 0 Å².